The Bertz CT molecular complexity index is 1200. The van der Waals surface area contributed by atoms with Gasteiger partial charge in [-0.05, 0) is 79.6 Å². The topological polar surface area (TPSA) is 80.6 Å². The summed E-state index contributed by atoms with van der Waals surface area (Å²) in [6.45, 7) is 3.76. The number of nitrogens with one attached hydrogen (secondary N) is 1. The molecular weight excluding hydrogens is 394 g/mol. The maximum atomic E-state index is 13.2. The van der Waals surface area contributed by atoms with Gasteiger partial charge in [-0.2, -0.15) is 0 Å². The van der Waals surface area contributed by atoms with Gasteiger partial charge in [-0.1, -0.05) is 6.07 Å². The Balaban J connectivity index is 1.74. The van der Waals surface area contributed by atoms with Gasteiger partial charge in [-0.25, -0.2) is 9.69 Å². The zero-order valence-electron chi connectivity index (χ0n) is 17.4. The van der Waals surface area contributed by atoms with E-state index in [9.17, 15) is 14.4 Å². The molecule has 3 aromatic rings. The number of carbonyl (C=O) groups excluding carboxylic acids is 3. The second-order valence-electron chi connectivity index (χ2n) is 7.30. The fourth-order valence-corrected chi connectivity index (χ4v) is 3.61. The molecule has 1 saturated heterocycles. The summed E-state index contributed by atoms with van der Waals surface area (Å²) in [7, 11) is 1.59. The van der Waals surface area contributed by atoms with E-state index in [1.54, 1.807) is 25.3 Å². The Morgan fingerprint density at radius 2 is 1.58 bits per heavy atom. The Kier molecular flexibility index (Phi) is 5.17. The minimum absolute atomic E-state index is 0.118. The molecule has 0 atom stereocenters. The number of aryl methyl sites for hydroxylation is 2. The number of hydrogen-bond donors (Lipinski definition) is 1. The summed E-state index contributed by atoms with van der Waals surface area (Å²) in [4.78, 5) is 39.1. The molecule has 4 amide bonds. The maximum absolute atomic E-state index is 13.2. The number of imide groups is 2. The summed E-state index contributed by atoms with van der Waals surface area (Å²) in [6.07, 6.45) is 3.32. The van der Waals surface area contributed by atoms with E-state index in [0.29, 0.717) is 11.4 Å². The summed E-state index contributed by atoms with van der Waals surface area (Å²) in [5.41, 5.74) is 3.58. The molecule has 7 heteroatoms. The lowest BCUT2D eigenvalue weighted by Crippen LogP contribution is -2.54. The Hall–Kier alpha value is -4.13. The molecule has 1 aliphatic rings. The number of hydrogen-bond acceptors (Lipinski definition) is 4. The monoisotopic (exact) mass is 415 g/mol. The van der Waals surface area contributed by atoms with Gasteiger partial charge in [0.25, 0.3) is 11.8 Å². The van der Waals surface area contributed by atoms with Crippen molar-refractivity contribution < 1.29 is 19.1 Å². The molecule has 0 unspecified atom stereocenters. The van der Waals surface area contributed by atoms with Crippen molar-refractivity contribution in [1.82, 2.24) is 9.88 Å². The molecule has 2 aromatic carbocycles. The van der Waals surface area contributed by atoms with Crippen molar-refractivity contribution in [2.45, 2.75) is 13.8 Å². The van der Waals surface area contributed by atoms with Gasteiger partial charge in [0.05, 0.1) is 12.8 Å². The molecule has 1 aromatic heterocycles. The van der Waals surface area contributed by atoms with Crippen molar-refractivity contribution in [3.63, 3.8) is 0 Å². The van der Waals surface area contributed by atoms with Crippen LogP contribution in [0.2, 0.25) is 0 Å². The fraction of sp³-hybridized carbons (Fsp3) is 0.125. The van der Waals surface area contributed by atoms with Crippen molar-refractivity contribution >= 4 is 29.6 Å². The third-order valence-electron chi connectivity index (χ3n) is 4.99. The minimum Gasteiger partial charge on any atom is -0.497 e. The molecule has 0 bridgehead atoms. The van der Waals surface area contributed by atoms with Crippen molar-refractivity contribution in [3.8, 4) is 11.4 Å². The standard InChI is InChI=1S/C24H21N3O4/c1-15-11-16(2)13-19(12-15)27-23(29)21(22(28)25-24(27)30)14-18-5-4-10-26(18)17-6-8-20(31-3)9-7-17/h4-14H,1-3H3,(H,25,28,30)/b21-14+. The van der Waals surface area contributed by atoms with Crippen LogP contribution in [0, 0.1) is 13.8 Å². The highest BCUT2D eigenvalue weighted by molar-refractivity contribution is 6.39. The van der Waals surface area contributed by atoms with Gasteiger partial charge in [0, 0.05) is 17.6 Å². The molecule has 1 aliphatic heterocycles. The number of rotatable bonds is 4. The number of nitrogens with zero attached hydrogens (tertiary/aromatic N) is 2. The number of carbonyl (C=O) groups is 3. The van der Waals surface area contributed by atoms with Crippen LogP contribution in [0.25, 0.3) is 11.8 Å². The second-order valence-corrected chi connectivity index (χ2v) is 7.30. The largest absolute Gasteiger partial charge is 0.497 e. The number of urea groups is 1. The molecule has 0 saturated carbocycles. The number of ether oxygens (including phenoxy) is 1. The van der Waals surface area contributed by atoms with Crippen LogP contribution in [0.5, 0.6) is 5.75 Å². The average molecular weight is 415 g/mol. The summed E-state index contributed by atoms with van der Waals surface area (Å²) >= 11 is 0. The van der Waals surface area contributed by atoms with E-state index in [-0.39, 0.29) is 5.57 Å². The van der Waals surface area contributed by atoms with E-state index in [4.69, 9.17) is 4.74 Å². The summed E-state index contributed by atoms with van der Waals surface area (Å²) < 4.78 is 7.03. The average Bonchev–Trinajstić information content (AvgIpc) is 3.18. The normalized spacial score (nSPS) is 15.4. The van der Waals surface area contributed by atoms with Gasteiger partial charge in [0.15, 0.2) is 0 Å². The summed E-state index contributed by atoms with van der Waals surface area (Å²) in [6, 6.07) is 15.6. The first-order valence-electron chi connectivity index (χ1n) is 9.69. The predicted octanol–water partition coefficient (Wildman–Crippen LogP) is 3.77. The highest BCUT2D eigenvalue weighted by Gasteiger charge is 2.37. The molecule has 31 heavy (non-hydrogen) atoms. The van der Waals surface area contributed by atoms with Gasteiger partial charge in [-0.15, -0.1) is 0 Å². The number of benzene rings is 2. The highest BCUT2D eigenvalue weighted by atomic mass is 16.5. The van der Waals surface area contributed by atoms with Crippen LogP contribution in [-0.4, -0.2) is 29.5 Å². The van der Waals surface area contributed by atoms with E-state index in [1.165, 1.54) is 6.08 Å². The van der Waals surface area contributed by atoms with Crippen LogP contribution in [0.15, 0.2) is 66.4 Å². The number of aromatic nitrogens is 1. The van der Waals surface area contributed by atoms with Crippen molar-refractivity contribution in [3.05, 3.63) is 83.2 Å². The van der Waals surface area contributed by atoms with Crippen molar-refractivity contribution in [1.29, 1.82) is 0 Å². The fourth-order valence-electron chi connectivity index (χ4n) is 3.61. The van der Waals surface area contributed by atoms with Crippen LogP contribution in [0.1, 0.15) is 16.8 Å². The van der Waals surface area contributed by atoms with Crippen molar-refractivity contribution in [2.75, 3.05) is 12.0 Å². The number of amides is 4. The Morgan fingerprint density at radius 3 is 2.23 bits per heavy atom. The molecule has 0 aliphatic carbocycles. The van der Waals surface area contributed by atoms with E-state index >= 15 is 0 Å². The predicted molar refractivity (Wildman–Crippen MR) is 117 cm³/mol. The molecule has 4 rings (SSSR count). The van der Waals surface area contributed by atoms with Crippen LogP contribution in [0.3, 0.4) is 0 Å². The zero-order chi connectivity index (χ0) is 22.1. The molecule has 0 radical (unpaired) electrons. The highest BCUT2D eigenvalue weighted by Crippen LogP contribution is 2.25. The van der Waals surface area contributed by atoms with Crippen molar-refractivity contribution in [2.24, 2.45) is 0 Å². The first-order chi connectivity index (χ1) is 14.9. The van der Waals surface area contributed by atoms with Gasteiger partial charge in [0.2, 0.25) is 0 Å². The second kappa shape index (κ2) is 7.95. The molecule has 1 N–H and O–H groups in total. The van der Waals surface area contributed by atoms with E-state index in [2.05, 4.69) is 5.32 Å². The number of barbiturate groups is 1. The quantitative estimate of drug-likeness (QED) is 0.520. The summed E-state index contributed by atoms with van der Waals surface area (Å²) in [5.74, 6) is -0.667. The van der Waals surface area contributed by atoms with Crippen LogP contribution < -0.4 is 15.0 Å². The van der Waals surface area contributed by atoms with Crippen LogP contribution in [0.4, 0.5) is 10.5 Å². The maximum Gasteiger partial charge on any atom is 0.335 e. The lowest BCUT2D eigenvalue weighted by Gasteiger charge is -2.27. The lowest BCUT2D eigenvalue weighted by molar-refractivity contribution is -0.122. The third-order valence-corrected chi connectivity index (χ3v) is 4.99. The Labute approximate surface area is 179 Å². The minimum atomic E-state index is -0.761. The first-order valence-corrected chi connectivity index (χ1v) is 9.69. The van der Waals surface area contributed by atoms with Crippen LogP contribution >= 0.6 is 0 Å². The first kappa shape index (κ1) is 20.2. The molecular formula is C24H21N3O4. The van der Waals surface area contributed by atoms with Gasteiger partial charge in [0.1, 0.15) is 11.3 Å². The van der Waals surface area contributed by atoms with Gasteiger partial charge in [-0.3, -0.25) is 14.9 Å². The molecule has 0 spiro atoms. The van der Waals surface area contributed by atoms with E-state index in [1.807, 2.05) is 61.0 Å². The molecule has 156 valence electrons. The molecule has 2 heterocycles. The van der Waals surface area contributed by atoms with Gasteiger partial charge >= 0.3 is 6.03 Å². The number of anilines is 1. The van der Waals surface area contributed by atoms with E-state index < -0.39 is 17.8 Å². The third kappa shape index (κ3) is 3.85. The zero-order valence-corrected chi connectivity index (χ0v) is 17.4. The lowest BCUT2D eigenvalue weighted by atomic mass is 10.1. The molecule has 7 nitrogen and oxygen atoms in total. The Morgan fingerprint density at radius 1 is 0.903 bits per heavy atom. The molecule has 1 fully saturated rings. The van der Waals surface area contributed by atoms with Gasteiger partial charge < -0.3 is 9.30 Å². The SMILES string of the molecule is COc1ccc(-n2cccc2/C=C2\C(=O)NC(=O)N(c3cc(C)cc(C)c3)C2=O)cc1. The smallest absolute Gasteiger partial charge is 0.335 e. The summed E-state index contributed by atoms with van der Waals surface area (Å²) in [5, 5.41) is 2.27. The van der Waals surface area contributed by atoms with E-state index in [0.717, 1.165) is 27.5 Å². The van der Waals surface area contributed by atoms with Crippen LogP contribution in [-0.2, 0) is 9.59 Å². The number of methoxy groups -OCH3 is 1.